The zero-order chi connectivity index (χ0) is 73.0. The summed E-state index contributed by atoms with van der Waals surface area (Å²) in [6.45, 7) is 67.7. The summed E-state index contributed by atoms with van der Waals surface area (Å²) in [5.41, 5.74) is 1.94. The Bertz CT molecular complexity index is 2960. The topological polar surface area (TPSA) is 173 Å². The van der Waals surface area contributed by atoms with E-state index in [1.807, 2.05) is 12.2 Å². The Balaban J connectivity index is 1.43. The Hall–Kier alpha value is -1.34. The number of fused-ring (bicyclic) bond motifs is 2. The molecule has 1 N–H and O–H groups in total. The summed E-state index contributed by atoms with van der Waals surface area (Å²) in [5, 5.41) is 9.54. The Morgan fingerprint density at radius 3 is 1.64 bits per heavy atom. The number of carbonyl (C=O) groups excluding carboxylic acids is 1. The molecule has 0 aromatic heterocycles. The molecule has 0 amide bonds. The quantitative estimate of drug-likeness (QED) is 0.122. The maximum absolute atomic E-state index is 16.5. The lowest BCUT2D eigenvalue weighted by atomic mass is 9.81. The highest BCUT2D eigenvalue weighted by atomic mass is 32.2. The van der Waals surface area contributed by atoms with Gasteiger partial charge in [-0.25, -0.2) is 8.42 Å². The summed E-state index contributed by atoms with van der Waals surface area (Å²) >= 11 is 0. The molecule has 8 bridgehead atoms. The molecule has 5 fully saturated rings. The molecule has 8 heterocycles. The van der Waals surface area contributed by atoms with E-state index in [1.54, 1.807) is 37.4 Å². The fourth-order valence-corrected chi connectivity index (χ4v) is 21.9. The van der Waals surface area contributed by atoms with Gasteiger partial charge in [-0.3, -0.25) is 4.79 Å². The van der Waals surface area contributed by atoms with Crippen molar-refractivity contribution in [2.75, 3.05) is 13.7 Å². The number of ketones is 1. The van der Waals surface area contributed by atoms with Crippen molar-refractivity contribution in [3.8, 4) is 0 Å². The smallest absolute Gasteiger partial charge is 0.193 e. The first-order valence-corrected chi connectivity index (χ1v) is 53.0. The summed E-state index contributed by atoms with van der Waals surface area (Å²) in [6, 6.07) is 8.40. The molecule has 1 aromatic carbocycles. The number of aliphatic hydroxyl groups is 1. The van der Waals surface area contributed by atoms with Crippen LogP contribution < -0.4 is 0 Å². The van der Waals surface area contributed by atoms with Crippen LogP contribution >= 0.6 is 0 Å². The fourth-order valence-electron chi connectivity index (χ4n) is 13.7. The van der Waals surface area contributed by atoms with Crippen molar-refractivity contribution in [2.45, 2.75) is 380 Å². The summed E-state index contributed by atoms with van der Waals surface area (Å²) in [4.78, 5) is 16.6. The van der Waals surface area contributed by atoms with E-state index in [-0.39, 0.29) is 67.2 Å². The number of rotatable bonds is 16. The van der Waals surface area contributed by atoms with E-state index in [9.17, 15) is 5.11 Å². The van der Waals surface area contributed by atoms with Gasteiger partial charge >= 0.3 is 0 Å². The molecule has 556 valence electrons. The molecule has 6 unspecified atom stereocenters. The molecule has 5 saturated heterocycles. The van der Waals surface area contributed by atoms with Gasteiger partial charge in [0, 0.05) is 32.3 Å². The summed E-state index contributed by atoms with van der Waals surface area (Å²) in [7, 11) is -15.7. The first kappa shape index (κ1) is 82.9. The molecule has 1 aromatic rings. The van der Waals surface area contributed by atoms with Crippen LogP contribution in [-0.4, -0.2) is 178 Å². The van der Waals surface area contributed by atoms with Crippen LogP contribution in [0.25, 0.3) is 0 Å². The monoisotopic (exact) mass is 1460 g/mol. The number of aliphatic hydroxyl groups excluding tert-OH is 1. The van der Waals surface area contributed by atoms with Crippen LogP contribution in [0.2, 0.25) is 90.7 Å². The van der Waals surface area contributed by atoms with Gasteiger partial charge in [0.15, 0.2) is 57.2 Å². The molecule has 0 aliphatic carbocycles. The van der Waals surface area contributed by atoms with Crippen LogP contribution in [0.1, 0.15) is 181 Å². The molecule has 0 radical (unpaired) electrons. The van der Waals surface area contributed by atoms with Crippen LogP contribution in [0, 0.1) is 11.8 Å². The van der Waals surface area contributed by atoms with Gasteiger partial charge in [-0.2, -0.15) is 0 Å². The molecule has 19 atom stereocenters. The van der Waals surface area contributed by atoms with Gasteiger partial charge in [-0.1, -0.05) is 154 Å². The second kappa shape index (κ2) is 31.0. The van der Waals surface area contributed by atoms with Crippen molar-refractivity contribution in [1.82, 2.24) is 0 Å². The third-order valence-corrected chi connectivity index (χ3v) is 49.8. The maximum atomic E-state index is 16.5. The summed E-state index contributed by atoms with van der Waals surface area (Å²) in [6.07, 6.45) is -0.429. The van der Waals surface area contributed by atoms with Gasteiger partial charge in [-0.05, 0) is 171 Å². The highest BCUT2D eigenvalue weighted by molar-refractivity contribution is 7.92. The van der Waals surface area contributed by atoms with Crippen molar-refractivity contribution < 1.29 is 68.9 Å². The standard InChI is InChI=1S/C76H136O15SSi5/c1-49-43-54-38-41-59-50(2)44-53(83-59)37-35-52(77)36-40-61(89-95(24,25)74(10,11)12)68-70(91-97(28,29)76(16,17)18)69(90-96(26,27)75(13,14)15)67-60(87-68)42-39-55(85-67)45-58(78)71(92(79,80)57-33-31-30-32-34-57)65-63(47-62(84-54)51(49)3)86-64(66(65)81-19)46-56(88-94(22,23)73(7,8)9)48-82-93(20,21)72(4,5)6/h30-34,36,40,49,52-56,59-71,77H,2-3,35,37-39,41-48H2,1,4-29H3/b40-36+/t49-,52?,53+,54+,55?,56+,59?,60+,61+,62?,63+,64?,65+,66+,67+,68+,69-,70-,71?/m1/s1. The van der Waals surface area contributed by atoms with Gasteiger partial charge in [-0.15, -0.1) is 0 Å². The highest BCUT2D eigenvalue weighted by Gasteiger charge is 2.61. The number of ether oxygens (including phenoxy) is 6. The Morgan fingerprint density at radius 1 is 0.567 bits per heavy atom. The average molecular weight is 1460 g/mol. The minimum Gasteiger partial charge on any atom is -0.414 e. The average Bonchev–Trinajstić information content (AvgIpc) is 1.69. The number of hydrogen-bond acceptors (Lipinski definition) is 15. The van der Waals surface area contributed by atoms with E-state index in [2.05, 4.69) is 189 Å². The second-order valence-electron chi connectivity index (χ2n) is 37.6. The number of Topliss-reactive ketones (excluding diaryl/α,β-unsaturated/α-hetero) is 1. The number of benzene rings is 1. The number of carbonyl (C=O) groups is 1. The van der Waals surface area contributed by atoms with Crippen LogP contribution in [0.15, 0.2) is 71.7 Å². The predicted octanol–water partition coefficient (Wildman–Crippen LogP) is 17.4. The lowest BCUT2D eigenvalue weighted by molar-refractivity contribution is -0.266. The molecule has 9 rings (SSSR count). The van der Waals surface area contributed by atoms with Crippen LogP contribution in [0.4, 0.5) is 0 Å². The van der Waals surface area contributed by atoms with E-state index in [0.717, 1.165) is 17.6 Å². The predicted molar refractivity (Wildman–Crippen MR) is 405 cm³/mol. The third-order valence-electron chi connectivity index (χ3n) is 25.2. The lowest BCUT2D eigenvalue weighted by Crippen LogP contribution is -2.69. The zero-order valence-corrected chi connectivity index (χ0v) is 71.3. The first-order chi connectivity index (χ1) is 44.2. The van der Waals surface area contributed by atoms with Crippen molar-refractivity contribution in [1.29, 1.82) is 0 Å². The van der Waals surface area contributed by atoms with Crippen molar-refractivity contribution in [3.63, 3.8) is 0 Å². The van der Waals surface area contributed by atoms with E-state index in [1.165, 1.54) is 0 Å². The lowest BCUT2D eigenvalue weighted by Gasteiger charge is -2.56. The van der Waals surface area contributed by atoms with Crippen LogP contribution in [-0.2, 0) is 65.2 Å². The molecule has 0 saturated carbocycles. The van der Waals surface area contributed by atoms with Crippen LogP contribution in [0.5, 0.6) is 0 Å². The number of sulfone groups is 1. The molecule has 15 nitrogen and oxygen atoms in total. The molecule has 8 aliphatic heterocycles. The summed E-state index contributed by atoms with van der Waals surface area (Å²) in [5.74, 6) is -1.43. The fraction of sp³-hybridized carbons (Fsp3) is 0.829. The van der Waals surface area contributed by atoms with Crippen molar-refractivity contribution >= 4 is 57.2 Å². The largest absolute Gasteiger partial charge is 0.414 e. The van der Waals surface area contributed by atoms with Crippen molar-refractivity contribution in [3.05, 3.63) is 66.8 Å². The normalized spacial score (nSPS) is 34.1. The third kappa shape index (κ3) is 19.6. The molecule has 21 heteroatoms. The molecular formula is C76H136O15SSi5. The van der Waals surface area contributed by atoms with Gasteiger partial charge in [0.05, 0.1) is 84.7 Å². The molecular weight excluding hydrogens is 1330 g/mol. The number of hydrogen-bond donors (Lipinski definition) is 1. The molecule has 97 heavy (non-hydrogen) atoms. The SMILES string of the molecule is C=C1C[C@@H]2CCC(O)/C=C/[C@H](O[Si](C)(C)C(C)(C)C)[C@@H]3O[C@H]4CCC(CC(=O)C(S(=O)(=O)c5ccccc5)[C@H]5[C@H](CC6O[C@@H](CCC1O2)C[C@@H](C)C6=C)OC(C[C@@H](CO[Si](C)(C)C(C)(C)C)O[Si](C)(C)C(C)(C)C)[C@@H]5OC)O[C@@H]4[C@@H](O[Si](C)(C)C(C)(C)C)[C@@H]3O[Si](C)(C)C(C)(C)C. The van der Waals surface area contributed by atoms with E-state index in [0.29, 0.717) is 58.0 Å². The Morgan fingerprint density at radius 2 is 1.08 bits per heavy atom. The number of methoxy groups -OCH3 is 1. The zero-order valence-electron chi connectivity index (χ0n) is 65.5. The minimum absolute atomic E-state index is 0.0396. The van der Waals surface area contributed by atoms with Gasteiger partial charge in [0.1, 0.15) is 29.7 Å². The molecule has 0 spiro atoms. The van der Waals surface area contributed by atoms with E-state index >= 15 is 13.2 Å². The van der Waals surface area contributed by atoms with Gasteiger partial charge < -0.3 is 55.7 Å². The van der Waals surface area contributed by atoms with Gasteiger partial charge in [0.25, 0.3) is 0 Å². The Labute approximate surface area is 594 Å². The van der Waals surface area contributed by atoms with E-state index in [4.69, 9.17) is 50.6 Å². The summed E-state index contributed by atoms with van der Waals surface area (Å²) < 4.78 is 114. The van der Waals surface area contributed by atoms with E-state index < -0.39 is 148 Å². The highest BCUT2D eigenvalue weighted by Crippen LogP contribution is 2.51. The van der Waals surface area contributed by atoms with Crippen molar-refractivity contribution in [2.24, 2.45) is 11.8 Å². The van der Waals surface area contributed by atoms with Crippen LogP contribution in [0.3, 0.4) is 0 Å². The second-order valence-corrected chi connectivity index (χ2v) is 63.5. The maximum Gasteiger partial charge on any atom is 0.193 e. The minimum atomic E-state index is -4.52. The molecule has 8 aliphatic rings. The Kier molecular flexibility index (Phi) is 26.5. The van der Waals surface area contributed by atoms with Gasteiger partial charge in [0.2, 0.25) is 0 Å². The first-order valence-electron chi connectivity index (χ1n) is 36.9.